The summed E-state index contributed by atoms with van der Waals surface area (Å²) in [4.78, 5) is 14.8. The maximum atomic E-state index is 13.2. The van der Waals surface area contributed by atoms with Gasteiger partial charge in [-0.25, -0.2) is 8.42 Å². The van der Waals surface area contributed by atoms with Crippen LogP contribution in [-0.2, 0) is 10.0 Å². The molecule has 0 saturated heterocycles. The number of benzene rings is 3. The minimum absolute atomic E-state index is 0.0580. The smallest absolute Gasteiger partial charge is 0.261 e. The van der Waals surface area contributed by atoms with Gasteiger partial charge in [0.25, 0.3) is 15.9 Å². The lowest BCUT2D eigenvalue weighted by atomic mass is 10.1. The minimum Gasteiger partial charge on any atom is -0.307 e. The van der Waals surface area contributed by atoms with Crippen LogP contribution < -0.4 is 9.62 Å². The number of carbonyl (C=O) groups is 1. The molecule has 3 aromatic carbocycles. The van der Waals surface area contributed by atoms with Crippen molar-refractivity contribution in [1.82, 2.24) is 0 Å². The van der Waals surface area contributed by atoms with Crippen molar-refractivity contribution in [3.8, 4) is 6.07 Å². The molecule has 0 aromatic heterocycles. The van der Waals surface area contributed by atoms with Crippen LogP contribution in [0.1, 0.15) is 27.9 Å². The molecule has 0 fully saturated rings. The van der Waals surface area contributed by atoms with Crippen LogP contribution in [0.4, 0.5) is 11.4 Å². The molecular weight excluding hydrogens is 410 g/mol. The topological polar surface area (TPSA) is 90.3 Å². The highest BCUT2D eigenvalue weighted by Gasteiger charge is 2.20. The second-order valence-corrected chi connectivity index (χ2v) is 8.81. The van der Waals surface area contributed by atoms with Gasteiger partial charge in [0.05, 0.1) is 17.4 Å². The molecule has 1 amide bonds. The Hall–Kier alpha value is -3.63. The number of para-hydroxylation sites is 1. The van der Waals surface area contributed by atoms with Crippen molar-refractivity contribution in [3.63, 3.8) is 0 Å². The standard InChI is InChI=1S/C24H23N3O3S/c1-18-9-12-22(17-19(18)2)27(16-6-15-25)24(28)20-10-13-23(14-11-20)31(29,30)26-21-7-4-3-5-8-21/h3-5,7-14,17,26H,6,16H2,1-2H3. The van der Waals surface area contributed by atoms with Gasteiger partial charge in [-0.15, -0.1) is 0 Å². The zero-order chi connectivity index (χ0) is 22.4. The Labute approximate surface area is 182 Å². The molecule has 31 heavy (non-hydrogen) atoms. The number of hydrogen-bond donors (Lipinski definition) is 1. The molecule has 1 N–H and O–H groups in total. The van der Waals surface area contributed by atoms with Crippen LogP contribution in [0, 0.1) is 25.2 Å². The second-order valence-electron chi connectivity index (χ2n) is 7.13. The highest BCUT2D eigenvalue weighted by atomic mass is 32.2. The Balaban J connectivity index is 1.86. The first-order chi connectivity index (χ1) is 14.8. The zero-order valence-corrected chi connectivity index (χ0v) is 18.2. The quantitative estimate of drug-likeness (QED) is 0.586. The molecule has 0 heterocycles. The fraction of sp³-hybridized carbons (Fsp3) is 0.167. The normalized spacial score (nSPS) is 10.9. The van der Waals surface area contributed by atoms with E-state index in [0.29, 0.717) is 16.9 Å². The maximum Gasteiger partial charge on any atom is 0.261 e. The average Bonchev–Trinajstić information content (AvgIpc) is 2.76. The van der Waals surface area contributed by atoms with Crippen molar-refractivity contribution >= 4 is 27.3 Å². The van der Waals surface area contributed by atoms with Crippen molar-refractivity contribution in [2.45, 2.75) is 25.2 Å². The van der Waals surface area contributed by atoms with Gasteiger partial charge in [-0.05, 0) is 73.5 Å². The van der Waals surface area contributed by atoms with E-state index in [9.17, 15) is 13.2 Å². The van der Waals surface area contributed by atoms with Gasteiger partial charge in [-0.1, -0.05) is 24.3 Å². The van der Waals surface area contributed by atoms with E-state index < -0.39 is 10.0 Å². The lowest BCUT2D eigenvalue weighted by Crippen LogP contribution is -2.32. The molecule has 0 spiro atoms. The fourth-order valence-electron chi connectivity index (χ4n) is 3.06. The number of amides is 1. The van der Waals surface area contributed by atoms with Gasteiger partial charge in [0.1, 0.15) is 0 Å². The number of nitriles is 1. The Kier molecular flexibility index (Phi) is 6.73. The lowest BCUT2D eigenvalue weighted by molar-refractivity contribution is 0.0987. The number of sulfonamides is 1. The third kappa shape index (κ3) is 5.30. The molecule has 0 aliphatic carbocycles. The Morgan fingerprint density at radius 2 is 1.65 bits per heavy atom. The van der Waals surface area contributed by atoms with E-state index in [-0.39, 0.29) is 23.8 Å². The number of carbonyl (C=O) groups excluding carboxylic acids is 1. The molecule has 0 atom stereocenters. The summed E-state index contributed by atoms with van der Waals surface area (Å²) in [5.74, 6) is -0.293. The predicted molar refractivity (Wildman–Crippen MR) is 122 cm³/mol. The Morgan fingerprint density at radius 3 is 2.26 bits per heavy atom. The summed E-state index contributed by atoms with van der Waals surface area (Å²) >= 11 is 0. The van der Waals surface area contributed by atoms with Crippen LogP contribution in [0.2, 0.25) is 0 Å². The monoisotopic (exact) mass is 433 g/mol. The summed E-state index contributed by atoms with van der Waals surface area (Å²) < 4.78 is 27.7. The highest BCUT2D eigenvalue weighted by molar-refractivity contribution is 7.92. The third-order valence-electron chi connectivity index (χ3n) is 4.93. The zero-order valence-electron chi connectivity index (χ0n) is 17.4. The van der Waals surface area contributed by atoms with Crippen LogP contribution >= 0.6 is 0 Å². The summed E-state index contributed by atoms with van der Waals surface area (Å²) in [6.07, 6.45) is 0.187. The maximum absolute atomic E-state index is 13.2. The molecule has 158 valence electrons. The number of nitrogens with zero attached hydrogens (tertiary/aromatic N) is 2. The summed E-state index contributed by atoms with van der Waals surface area (Å²) in [7, 11) is -3.77. The molecule has 0 aliphatic heterocycles. The number of nitrogens with one attached hydrogen (secondary N) is 1. The van der Waals surface area contributed by atoms with E-state index in [0.717, 1.165) is 11.1 Å². The first-order valence-electron chi connectivity index (χ1n) is 9.76. The molecule has 3 aromatic rings. The third-order valence-corrected chi connectivity index (χ3v) is 6.33. The average molecular weight is 434 g/mol. The van der Waals surface area contributed by atoms with Gasteiger partial charge in [0.2, 0.25) is 0 Å². The largest absolute Gasteiger partial charge is 0.307 e. The second kappa shape index (κ2) is 9.45. The minimum atomic E-state index is -3.77. The highest BCUT2D eigenvalue weighted by Crippen LogP contribution is 2.22. The number of rotatable bonds is 7. The van der Waals surface area contributed by atoms with Gasteiger partial charge >= 0.3 is 0 Å². The van der Waals surface area contributed by atoms with Crippen LogP contribution in [0.25, 0.3) is 0 Å². The van der Waals surface area contributed by atoms with Crippen LogP contribution in [0.15, 0.2) is 77.7 Å². The van der Waals surface area contributed by atoms with Crippen molar-refractivity contribution in [3.05, 3.63) is 89.5 Å². The van der Waals surface area contributed by atoms with Crippen LogP contribution in [0.3, 0.4) is 0 Å². The predicted octanol–water partition coefficient (Wildman–Crippen LogP) is 4.66. The molecule has 0 aliphatic rings. The van der Waals surface area contributed by atoms with Crippen molar-refractivity contribution in [2.24, 2.45) is 0 Å². The molecule has 0 radical (unpaired) electrons. The van der Waals surface area contributed by atoms with Gasteiger partial charge in [0, 0.05) is 23.5 Å². The summed E-state index contributed by atoms with van der Waals surface area (Å²) in [6.45, 7) is 4.20. The molecular formula is C24H23N3O3S. The van der Waals surface area contributed by atoms with Crippen LogP contribution in [-0.4, -0.2) is 20.9 Å². The summed E-state index contributed by atoms with van der Waals surface area (Å²) in [5.41, 5.74) is 3.65. The van der Waals surface area contributed by atoms with E-state index in [1.54, 1.807) is 35.2 Å². The Morgan fingerprint density at radius 1 is 0.968 bits per heavy atom. The van der Waals surface area contributed by atoms with Gasteiger partial charge in [-0.3, -0.25) is 9.52 Å². The van der Waals surface area contributed by atoms with Gasteiger partial charge in [-0.2, -0.15) is 5.26 Å². The lowest BCUT2D eigenvalue weighted by Gasteiger charge is -2.23. The molecule has 6 nitrogen and oxygen atoms in total. The molecule has 3 rings (SSSR count). The first kappa shape index (κ1) is 22.1. The molecule has 7 heteroatoms. The molecule has 0 bridgehead atoms. The molecule has 0 unspecified atom stereocenters. The van der Waals surface area contributed by atoms with E-state index in [2.05, 4.69) is 10.8 Å². The van der Waals surface area contributed by atoms with Crippen molar-refractivity contribution in [1.29, 1.82) is 5.26 Å². The van der Waals surface area contributed by atoms with E-state index in [1.807, 2.05) is 32.0 Å². The fourth-order valence-corrected chi connectivity index (χ4v) is 4.11. The van der Waals surface area contributed by atoms with Gasteiger partial charge in [0.15, 0.2) is 0 Å². The first-order valence-corrected chi connectivity index (χ1v) is 11.2. The van der Waals surface area contributed by atoms with Crippen LogP contribution in [0.5, 0.6) is 0 Å². The van der Waals surface area contributed by atoms with E-state index in [4.69, 9.17) is 5.26 Å². The van der Waals surface area contributed by atoms with Crippen molar-refractivity contribution in [2.75, 3.05) is 16.2 Å². The summed E-state index contributed by atoms with van der Waals surface area (Å²) in [5, 5.41) is 9.00. The van der Waals surface area contributed by atoms with E-state index >= 15 is 0 Å². The number of hydrogen-bond acceptors (Lipinski definition) is 4. The van der Waals surface area contributed by atoms with Crippen molar-refractivity contribution < 1.29 is 13.2 Å². The molecule has 0 saturated carbocycles. The Bertz CT molecular complexity index is 1220. The summed E-state index contributed by atoms with van der Waals surface area (Å²) in [6, 6.07) is 22.1. The van der Waals surface area contributed by atoms with Gasteiger partial charge < -0.3 is 4.90 Å². The SMILES string of the molecule is Cc1ccc(N(CCC#N)C(=O)c2ccc(S(=O)(=O)Nc3ccccc3)cc2)cc1C. The van der Waals surface area contributed by atoms with E-state index in [1.165, 1.54) is 24.3 Å². The number of aryl methyl sites for hydroxylation is 2. The number of anilines is 2.